The maximum atomic E-state index is 13.2. The molecule has 1 heterocycles. The second-order valence-corrected chi connectivity index (χ2v) is 5.94. The number of halogens is 2. The van der Waals surface area contributed by atoms with Crippen molar-refractivity contribution in [3.63, 3.8) is 0 Å². The molecule has 2 rings (SSSR count). The van der Waals surface area contributed by atoms with E-state index in [-0.39, 0.29) is 11.6 Å². The number of carbonyl (C=O) groups excluding carboxylic acids is 1. The molecule has 0 N–H and O–H groups in total. The van der Waals surface area contributed by atoms with Crippen LogP contribution < -0.4 is 0 Å². The first kappa shape index (κ1) is 11.1. The number of thioether (sulfide) groups is 1. The summed E-state index contributed by atoms with van der Waals surface area (Å²) in [4.78, 5) is 11.8. The first-order chi connectivity index (χ1) is 7.08. The van der Waals surface area contributed by atoms with Gasteiger partial charge in [-0.05, 0) is 17.7 Å². The van der Waals surface area contributed by atoms with E-state index in [0.717, 1.165) is 11.3 Å². The predicted molar refractivity (Wildman–Crippen MR) is 63.8 cm³/mol. The molecule has 1 nitrogen and oxygen atoms in total. The van der Waals surface area contributed by atoms with Gasteiger partial charge in [0.25, 0.3) is 0 Å². The van der Waals surface area contributed by atoms with Crippen LogP contribution in [0.2, 0.25) is 0 Å². The Kier molecular flexibility index (Phi) is 3.16. The maximum absolute atomic E-state index is 13.2. The third kappa shape index (κ3) is 2.26. The van der Waals surface area contributed by atoms with Gasteiger partial charge in [-0.2, -0.15) is 11.8 Å². The number of hydrogen-bond acceptors (Lipinski definition) is 2. The third-order valence-corrected chi connectivity index (χ3v) is 4.34. The Morgan fingerprint density at radius 1 is 1.53 bits per heavy atom. The first-order valence-corrected chi connectivity index (χ1v) is 6.55. The molecule has 0 saturated carbocycles. The maximum Gasteiger partial charge on any atom is 0.164 e. The van der Waals surface area contributed by atoms with Gasteiger partial charge in [0.2, 0.25) is 0 Å². The minimum absolute atomic E-state index is 0.0442. The van der Waals surface area contributed by atoms with E-state index in [2.05, 4.69) is 15.9 Å². The van der Waals surface area contributed by atoms with E-state index in [9.17, 15) is 9.18 Å². The summed E-state index contributed by atoms with van der Waals surface area (Å²) in [6.45, 7) is 2.03. The molecular weight excluding hydrogens is 279 g/mol. The minimum atomic E-state index is -0.353. The van der Waals surface area contributed by atoms with Crippen LogP contribution in [0.4, 0.5) is 4.39 Å². The van der Waals surface area contributed by atoms with E-state index in [0.29, 0.717) is 21.7 Å². The summed E-state index contributed by atoms with van der Waals surface area (Å²) in [7, 11) is 0. The summed E-state index contributed by atoms with van der Waals surface area (Å²) in [5.74, 6) is 0.458. The molecule has 15 heavy (non-hydrogen) atoms. The molecule has 1 unspecified atom stereocenters. The van der Waals surface area contributed by atoms with Crippen molar-refractivity contribution in [1.82, 2.24) is 0 Å². The van der Waals surface area contributed by atoms with Gasteiger partial charge in [0.1, 0.15) is 5.82 Å². The molecule has 0 saturated heterocycles. The molecule has 4 heteroatoms. The Labute approximate surface area is 101 Å². The van der Waals surface area contributed by atoms with Gasteiger partial charge in [-0.3, -0.25) is 4.79 Å². The topological polar surface area (TPSA) is 17.1 Å². The highest BCUT2D eigenvalue weighted by Gasteiger charge is 2.22. The van der Waals surface area contributed by atoms with Crippen molar-refractivity contribution < 1.29 is 9.18 Å². The van der Waals surface area contributed by atoms with Gasteiger partial charge in [-0.1, -0.05) is 22.9 Å². The van der Waals surface area contributed by atoms with Gasteiger partial charge in [0, 0.05) is 27.5 Å². The fourth-order valence-corrected chi connectivity index (χ4v) is 3.44. The lowest BCUT2D eigenvalue weighted by atomic mass is 10.0. The lowest BCUT2D eigenvalue weighted by Gasteiger charge is -2.06. The molecular formula is C11H10BrFOS. The largest absolute Gasteiger partial charge is 0.294 e. The number of carbonyl (C=O) groups is 1. The zero-order chi connectivity index (χ0) is 11.0. The van der Waals surface area contributed by atoms with Crippen LogP contribution in [0, 0.1) is 5.82 Å². The summed E-state index contributed by atoms with van der Waals surface area (Å²) in [6.07, 6.45) is 0.494. The smallest absolute Gasteiger partial charge is 0.164 e. The second kappa shape index (κ2) is 4.26. The highest BCUT2D eigenvalue weighted by atomic mass is 79.9. The molecule has 0 bridgehead atoms. The normalized spacial score (nSPS) is 21.0. The molecule has 0 aliphatic carbocycles. The molecule has 80 valence electrons. The lowest BCUT2D eigenvalue weighted by molar-refractivity contribution is 0.0983. The Hall–Kier alpha value is -0.350. The average molecular weight is 289 g/mol. The Balaban J connectivity index is 2.53. The van der Waals surface area contributed by atoms with Crippen LogP contribution >= 0.6 is 27.7 Å². The first-order valence-electron chi connectivity index (χ1n) is 4.70. The fourth-order valence-electron chi connectivity index (χ4n) is 1.65. The third-order valence-electron chi connectivity index (χ3n) is 2.45. The van der Waals surface area contributed by atoms with Crippen molar-refractivity contribution in [1.29, 1.82) is 0 Å². The van der Waals surface area contributed by atoms with Gasteiger partial charge in [0.05, 0.1) is 0 Å². The van der Waals surface area contributed by atoms with E-state index in [1.54, 1.807) is 11.8 Å². The molecule has 1 aliphatic heterocycles. The van der Waals surface area contributed by atoms with Gasteiger partial charge in [0.15, 0.2) is 5.78 Å². The fraction of sp³-hybridized carbons (Fsp3) is 0.364. The monoisotopic (exact) mass is 288 g/mol. The van der Waals surface area contributed by atoms with E-state index in [1.807, 2.05) is 6.92 Å². The highest BCUT2D eigenvalue weighted by molar-refractivity contribution is 9.10. The van der Waals surface area contributed by atoms with E-state index in [1.165, 1.54) is 12.1 Å². The van der Waals surface area contributed by atoms with Crippen LogP contribution in [0.25, 0.3) is 0 Å². The van der Waals surface area contributed by atoms with E-state index in [4.69, 9.17) is 0 Å². The Morgan fingerprint density at radius 3 is 3.00 bits per heavy atom. The van der Waals surface area contributed by atoms with E-state index < -0.39 is 0 Å². The molecule has 0 amide bonds. The van der Waals surface area contributed by atoms with Crippen molar-refractivity contribution in [3.8, 4) is 0 Å². The van der Waals surface area contributed by atoms with Crippen LogP contribution in [0.5, 0.6) is 0 Å². The number of fused-ring (bicyclic) bond motifs is 1. The molecule has 1 atom stereocenters. The molecule has 0 spiro atoms. The summed E-state index contributed by atoms with van der Waals surface area (Å²) in [6, 6.07) is 2.77. The van der Waals surface area contributed by atoms with Crippen molar-refractivity contribution in [2.45, 2.75) is 24.3 Å². The van der Waals surface area contributed by atoms with Crippen LogP contribution in [-0.2, 0) is 5.75 Å². The summed E-state index contributed by atoms with van der Waals surface area (Å²) in [5.41, 5.74) is 1.47. The molecule has 1 aliphatic rings. The number of rotatable bonds is 0. The Bertz CT molecular complexity index is 419. The van der Waals surface area contributed by atoms with Crippen LogP contribution in [-0.4, -0.2) is 11.0 Å². The van der Waals surface area contributed by atoms with Gasteiger partial charge in [-0.15, -0.1) is 0 Å². The highest BCUT2D eigenvalue weighted by Crippen LogP contribution is 2.33. The quantitative estimate of drug-likeness (QED) is 0.722. The van der Waals surface area contributed by atoms with Gasteiger partial charge >= 0.3 is 0 Å². The average Bonchev–Trinajstić information content (AvgIpc) is 2.27. The van der Waals surface area contributed by atoms with Crippen molar-refractivity contribution in [3.05, 3.63) is 33.5 Å². The van der Waals surface area contributed by atoms with E-state index >= 15 is 0 Å². The van der Waals surface area contributed by atoms with Crippen molar-refractivity contribution >= 4 is 33.5 Å². The zero-order valence-corrected chi connectivity index (χ0v) is 10.6. The van der Waals surface area contributed by atoms with Crippen molar-refractivity contribution in [2.75, 3.05) is 0 Å². The molecule has 1 aromatic rings. The number of ketones is 1. The van der Waals surface area contributed by atoms with Crippen LogP contribution in [0.15, 0.2) is 16.6 Å². The van der Waals surface area contributed by atoms with Crippen LogP contribution in [0.1, 0.15) is 29.3 Å². The summed E-state index contributed by atoms with van der Waals surface area (Å²) >= 11 is 5.04. The SMILES string of the molecule is CC1CC(=O)c2cc(F)cc(Br)c2CS1. The molecule has 0 fully saturated rings. The number of hydrogen-bond donors (Lipinski definition) is 0. The van der Waals surface area contributed by atoms with Crippen LogP contribution in [0.3, 0.4) is 0 Å². The number of Topliss-reactive ketones (excluding diaryl/α,β-unsaturated/α-hetero) is 1. The number of benzene rings is 1. The summed E-state index contributed by atoms with van der Waals surface area (Å²) in [5, 5.41) is 0.305. The van der Waals surface area contributed by atoms with Gasteiger partial charge < -0.3 is 0 Å². The Morgan fingerprint density at radius 2 is 2.27 bits per heavy atom. The van der Waals surface area contributed by atoms with Gasteiger partial charge in [-0.25, -0.2) is 4.39 Å². The minimum Gasteiger partial charge on any atom is -0.294 e. The zero-order valence-electron chi connectivity index (χ0n) is 8.22. The predicted octanol–water partition coefficient (Wildman–Crippen LogP) is 3.80. The summed E-state index contributed by atoms with van der Waals surface area (Å²) < 4.78 is 13.9. The second-order valence-electron chi connectivity index (χ2n) is 3.66. The standard InChI is InChI=1S/C11H10BrFOS/c1-6-2-11(14)8-3-7(13)4-10(12)9(8)5-15-6/h3-4,6H,2,5H2,1H3. The van der Waals surface area contributed by atoms with Crippen molar-refractivity contribution in [2.24, 2.45) is 0 Å². The molecule has 0 radical (unpaired) electrons. The molecule has 1 aromatic carbocycles. The molecule has 0 aromatic heterocycles. The lowest BCUT2D eigenvalue weighted by Crippen LogP contribution is -2.06.